The van der Waals surface area contributed by atoms with Crippen LogP contribution in [0, 0.1) is 11.8 Å². The van der Waals surface area contributed by atoms with Crippen molar-refractivity contribution in [2.24, 2.45) is 11.8 Å². The SMILES string of the molecule is C=CCCC[C@H](NC(=O)OC(C)(C)C)C(=O)N[C@@H](C)C(=O)N[C@@H](C[C@H](C)CCC=C)[C@@H]1C[C@@H](C)C(=O)O1. The average Bonchev–Trinajstić information content (AvgIpc) is 3.13. The van der Waals surface area contributed by atoms with Crippen molar-refractivity contribution < 1.29 is 28.7 Å². The summed E-state index contributed by atoms with van der Waals surface area (Å²) in [6.07, 6.45) is 7.09. The van der Waals surface area contributed by atoms with Gasteiger partial charge in [0.2, 0.25) is 11.8 Å². The van der Waals surface area contributed by atoms with E-state index >= 15 is 0 Å². The standard InChI is InChI=1S/C28H47N3O6/c1-9-11-13-15-21(31-27(35)37-28(6,7)8)25(33)29-20(5)24(32)30-22(16-18(3)14-12-10-2)23-17-19(4)26(34)36-23/h9-10,18-23H,1-2,11-17H2,3-8H3,(H,29,33)(H,30,32)(H,31,35)/t18-,19-,20+,21+,22+,23+/m1/s1. The van der Waals surface area contributed by atoms with Crippen molar-refractivity contribution in [3.05, 3.63) is 25.3 Å². The fourth-order valence-electron chi connectivity index (χ4n) is 4.13. The third kappa shape index (κ3) is 12.3. The van der Waals surface area contributed by atoms with Crippen LogP contribution >= 0.6 is 0 Å². The second kappa shape index (κ2) is 15.4. The maximum atomic E-state index is 13.1. The Kier molecular flexibility index (Phi) is 13.4. The van der Waals surface area contributed by atoms with E-state index in [4.69, 9.17) is 9.47 Å². The summed E-state index contributed by atoms with van der Waals surface area (Å²) < 4.78 is 10.8. The van der Waals surface area contributed by atoms with Gasteiger partial charge in [0.1, 0.15) is 23.8 Å². The van der Waals surface area contributed by atoms with Crippen molar-refractivity contribution in [1.82, 2.24) is 16.0 Å². The van der Waals surface area contributed by atoms with Gasteiger partial charge >= 0.3 is 12.1 Å². The maximum absolute atomic E-state index is 13.1. The minimum Gasteiger partial charge on any atom is -0.460 e. The Hall–Kier alpha value is -2.84. The van der Waals surface area contributed by atoms with Crippen molar-refractivity contribution in [1.29, 1.82) is 0 Å². The molecule has 0 aromatic heterocycles. The van der Waals surface area contributed by atoms with E-state index in [2.05, 4.69) is 36.0 Å². The summed E-state index contributed by atoms with van der Waals surface area (Å²) in [4.78, 5) is 50.4. The van der Waals surface area contributed by atoms with E-state index in [0.717, 1.165) is 12.8 Å². The molecule has 0 bridgehead atoms. The van der Waals surface area contributed by atoms with Gasteiger partial charge in [-0.1, -0.05) is 26.0 Å². The first-order chi connectivity index (χ1) is 17.3. The number of unbranched alkanes of at least 4 members (excludes halogenated alkanes) is 1. The lowest BCUT2D eigenvalue weighted by Gasteiger charge is -2.28. The van der Waals surface area contributed by atoms with Crippen LogP contribution in [-0.4, -0.2) is 53.7 Å². The number of cyclic esters (lactones) is 1. The van der Waals surface area contributed by atoms with E-state index in [1.807, 2.05) is 13.0 Å². The monoisotopic (exact) mass is 521 g/mol. The maximum Gasteiger partial charge on any atom is 0.408 e. The van der Waals surface area contributed by atoms with Gasteiger partial charge in [-0.15, -0.1) is 13.2 Å². The van der Waals surface area contributed by atoms with E-state index in [9.17, 15) is 19.2 Å². The molecule has 0 aromatic rings. The highest BCUT2D eigenvalue weighted by Crippen LogP contribution is 2.27. The van der Waals surface area contributed by atoms with Crippen molar-refractivity contribution in [2.45, 2.75) is 116 Å². The van der Waals surface area contributed by atoms with Crippen molar-refractivity contribution >= 4 is 23.9 Å². The molecule has 9 heteroatoms. The molecule has 6 atom stereocenters. The first-order valence-electron chi connectivity index (χ1n) is 13.3. The van der Waals surface area contributed by atoms with E-state index in [-0.39, 0.29) is 29.8 Å². The molecule has 1 aliphatic heterocycles. The van der Waals surface area contributed by atoms with Crippen LogP contribution in [0.4, 0.5) is 4.79 Å². The molecule has 0 radical (unpaired) electrons. The van der Waals surface area contributed by atoms with Crippen LogP contribution in [0.1, 0.15) is 86.5 Å². The topological polar surface area (TPSA) is 123 Å². The van der Waals surface area contributed by atoms with Crippen LogP contribution in [0.5, 0.6) is 0 Å². The second-order valence-electron chi connectivity index (χ2n) is 11.1. The van der Waals surface area contributed by atoms with Gasteiger partial charge in [0.15, 0.2) is 0 Å². The Morgan fingerprint density at radius 1 is 1.05 bits per heavy atom. The Morgan fingerprint density at radius 3 is 2.24 bits per heavy atom. The largest absolute Gasteiger partial charge is 0.460 e. The van der Waals surface area contributed by atoms with E-state index in [1.54, 1.807) is 33.8 Å². The summed E-state index contributed by atoms with van der Waals surface area (Å²) in [6.45, 7) is 18.2. The fourth-order valence-corrected chi connectivity index (χ4v) is 4.13. The van der Waals surface area contributed by atoms with E-state index in [1.165, 1.54) is 0 Å². The summed E-state index contributed by atoms with van der Waals surface area (Å²) >= 11 is 0. The van der Waals surface area contributed by atoms with Crippen LogP contribution in [-0.2, 0) is 23.9 Å². The number of hydrogen-bond acceptors (Lipinski definition) is 6. The summed E-state index contributed by atoms with van der Waals surface area (Å²) in [6, 6.07) is -2.10. The first kappa shape index (κ1) is 32.2. The van der Waals surface area contributed by atoms with E-state index < -0.39 is 35.8 Å². The summed E-state index contributed by atoms with van der Waals surface area (Å²) in [5, 5.41) is 8.31. The molecular formula is C28H47N3O6. The second-order valence-corrected chi connectivity index (χ2v) is 11.1. The highest BCUT2D eigenvalue weighted by atomic mass is 16.6. The normalized spacial score (nSPS) is 20.5. The number of ether oxygens (including phenoxy) is 2. The molecule has 1 aliphatic rings. The molecule has 1 saturated heterocycles. The summed E-state index contributed by atoms with van der Waals surface area (Å²) in [5.41, 5.74) is -0.710. The number of hydrogen-bond donors (Lipinski definition) is 3. The van der Waals surface area contributed by atoms with Crippen LogP contribution in [0.3, 0.4) is 0 Å². The molecule has 1 fully saturated rings. The molecular weight excluding hydrogens is 474 g/mol. The Bertz CT molecular complexity index is 806. The Labute approximate surface area is 222 Å². The lowest BCUT2D eigenvalue weighted by atomic mass is 9.91. The molecule has 37 heavy (non-hydrogen) atoms. The fraction of sp³-hybridized carbons (Fsp3) is 0.714. The summed E-state index contributed by atoms with van der Waals surface area (Å²) in [5.74, 6) is -1.07. The molecule has 0 spiro atoms. The van der Waals surface area contributed by atoms with Gasteiger partial charge in [0.05, 0.1) is 12.0 Å². The molecule has 210 valence electrons. The van der Waals surface area contributed by atoms with Crippen molar-refractivity contribution in [3.63, 3.8) is 0 Å². The molecule has 1 heterocycles. The third-order valence-corrected chi connectivity index (χ3v) is 6.21. The summed E-state index contributed by atoms with van der Waals surface area (Å²) in [7, 11) is 0. The van der Waals surface area contributed by atoms with Gasteiger partial charge < -0.3 is 25.4 Å². The first-order valence-corrected chi connectivity index (χ1v) is 13.3. The quantitative estimate of drug-likeness (QED) is 0.169. The van der Waals surface area contributed by atoms with Crippen LogP contribution < -0.4 is 16.0 Å². The smallest absolute Gasteiger partial charge is 0.408 e. The molecule has 1 rings (SSSR count). The predicted molar refractivity (Wildman–Crippen MR) is 144 cm³/mol. The molecule has 3 N–H and O–H groups in total. The van der Waals surface area contributed by atoms with Crippen molar-refractivity contribution in [3.8, 4) is 0 Å². The molecule has 0 saturated carbocycles. The zero-order valence-corrected chi connectivity index (χ0v) is 23.4. The highest BCUT2D eigenvalue weighted by Gasteiger charge is 2.38. The molecule has 0 aliphatic carbocycles. The number of carbonyl (C=O) groups excluding carboxylic acids is 4. The highest BCUT2D eigenvalue weighted by molar-refractivity contribution is 5.91. The minimum atomic E-state index is -0.865. The molecule has 9 nitrogen and oxygen atoms in total. The zero-order valence-electron chi connectivity index (χ0n) is 23.4. The van der Waals surface area contributed by atoms with Gasteiger partial charge in [0, 0.05) is 0 Å². The number of esters is 1. The van der Waals surface area contributed by atoms with Gasteiger partial charge in [-0.2, -0.15) is 0 Å². The predicted octanol–water partition coefficient (Wildman–Crippen LogP) is 4.17. The number of alkyl carbamates (subject to hydrolysis) is 1. The number of allylic oxidation sites excluding steroid dienone is 2. The van der Waals surface area contributed by atoms with Gasteiger partial charge in [-0.3, -0.25) is 14.4 Å². The number of carbonyl (C=O) groups is 4. The van der Waals surface area contributed by atoms with Gasteiger partial charge in [-0.05, 0) is 78.6 Å². The Balaban J connectivity index is 2.86. The average molecular weight is 522 g/mol. The van der Waals surface area contributed by atoms with Crippen LogP contribution in [0.25, 0.3) is 0 Å². The molecule has 0 unspecified atom stereocenters. The lowest BCUT2D eigenvalue weighted by Crippen LogP contribution is -2.55. The molecule has 3 amide bonds. The number of nitrogens with one attached hydrogen (secondary N) is 3. The van der Waals surface area contributed by atoms with Gasteiger partial charge in [-0.25, -0.2) is 4.79 Å². The van der Waals surface area contributed by atoms with Crippen LogP contribution in [0.15, 0.2) is 25.3 Å². The zero-order chi connectivity index (χ0) is 28.2. The van der Waals surface area contributed by atoms with Crippen LogP contribution in [0.2, 0.25) is 0 Å². The number of amides is 3. The Morgan fingerprint density at radius 2 is 1.70 bits per heavy atom. The number of rotatable bonds is 15. The van der Waals surface area contributed by atoms with Gasteiger partial charge in [0.25, 0.3) is 0 Å². The molecule has 0 aromatic carbocycles. The third-order valence-electron chi connectivity index (χ3n) is 6.21. The lowest BCUT2D eigenvalue weighted by molar-refractivity contribution is -0.145. The van der Waals surface area contributed by atoms with E-state index in [0.29, 0.717) is 32.1 Å². The van der Waals surface area contributed by atoms with Crippen molar-refractivity contribution in [2.75, 3.05) is 0 Å². The minimum absolute atomic E-state index is 0.222.